The van der Waals surface area contributed by atoms with Crippen LogP contribution in [0.3, 0.4) is 0 Å². The predicted octanol–water partition coefficient (Wildman–Crippen LogP) is 9.19. The van der Waals surface area contributed by atoms with Gasteiger partial charge in [0.25, 0.3) is 17.7 Å². The number of amides is 3. The zero-order valence-electron chi connectivity index (χ0n) is 34.0. The molecule has 11 nitrogen and oxygen atoms in total. The van der Waals surface area contributed by atoms with Crippen molar-refractivity contribution < 1.29 is 33.9 Å². The number of aromatic carboxylic acids is 1. The van der Waals surface area contributed by atoms with Crippen molar-refractivity contribution in [2.45, 2.75) is 33.6 Å². The zero-order chi connectivity index (χ0) is 43.3. The molecule has 0 spiro atoms. The summed E-state index contributed by atoms with van der Waals surface area (Å²) < 4.78 is 0. The van der Waals surface area contributed by atoms with Crippen molar-refractivity contribution >= 4 is 58.0 Å². The molecule has 304 valence electrons. The molecule has 0 aliphatic carbocycles. The number of hydrogen-bond donors (Lipinski definition) is 4. The molecule has 0 radical (unpaired) electrons. The van der Waals surface area contributed by atoms with Crippen LogP contribution < -0.4 is 20.9 Å². The maximum atomic E-state index is 12.8. The fourth-order valence-electron chi connectivity index (χ4n) is 6.28. The number of hydrogen-bond acceptors (Lipinski definition) is 8. The molecule has 6 aromatic rings. The zero-order valence-corrected chi connectivity index (χ0v) is 34.0. The number of benzene rings is 6. The van der Waals surface area contributed by atoms with Crippen LogP contribution in [-0.4, -0.2) is 54.5 Å². The van der Waals surface area contributed by atoms with E-state index in [0.717, 1.165) is 35.3 Å². The molecule has 0 atom stereocenters. The van der Waals surface area contributed by atoms with Gasteiger partial charge in [-0.25, -0.2) is 9.69 Å². The highest BCUT2D eigenvalue weighted by Crippen LogP contribution is 2.30. The van der Waals surface area contributed by atoms with E-state index in [1.807, 2.05) is 74.8 Å². The number of anilines is 4. The topological polar surface area (TPSA) is 162 Å². The summed E-state index contributed by atoms with van der Waals surface area (Å²) in [6, 6.07) is 42.1. The van der Waals surface area contributed by atoms with E-state index >= 15 is 0 Å². The summed E-state index contributed by atoms with van der Waals surface area (Å²) in [6.07, 6.45) is 1.55. The lowest BCUT2D eigenvalue weighted by atomic mass is 10.0. The van der Waals surface area contributed by atoms with Crippen LogP contribution in [0.15, 0.2) is 140 Å². The maximum Gasteiger partial charge on any atom is 0.336 e. The van der Waals surface area contributed by atoms with Crippen molar-refractivity contribution in [1.82, 2.24) is 0 Å². The number of imide groups is 1. The molecule has 1 aliphatic heterocycles. The first-order valence-electron chi connectivity index (χ1n) is 19.1. The molecule has 1 heterocycles. The molecule has 0 aromatic heterocycles. The minimum atomic E-state index is -1.12. The van der Waals surface area contributed by atoms with E-state index in [9.17, 15) is 33.9 Å². The van der Waals surface area contributed by atoms with Crippen LogP contribution >= 0.6 is 0 Å². The maximum absolute atomic E-state index is 12.8. The minimum absolute atomic E-state index is 0.0170. The Kier molecular flexibility index (Phi) is 14.6. The number of carbonyl (C=O) groups excluding carboxylic acids is 5. The van der Waals surface area contributed by atoms with Gasteiger partial charge in [-0.05, 0) is 129 Å². The third-order valence-corrected chi connectivity index (χ3v) is 9.40. The van der Waals surface area contributed by atoms with E-state index in [2.05, 4.69) is 40.2 Å². The summed E-state index contributed by atoms with van der Waals surface area (Å²) in [5.74, 6) is -2.30. The quantitative estimate of drug-likeness (QED) is 0.0739. The molecule has 0 unspecified atom stereocenters. The van der Waals surface area contributed by atoms with Gasteiger partial charge in [0.05, 0.1) is 27.9 Å². The number of rotatable bonds is 11. The Balaban J connectivity index is 0.000000210. The molecule has 4 N–H and O–H groups in total. The van der Waals surface area contributed by atoms with Gasteiger partial charge in [-0.15, -0.1) is 0 Å². The molecular weight excluding hydrogens is 757 g/mol. The number of fused-ring (bicyclic) bond motifs is 1. The van der Waals surface area contributed by atoms with E-state index in [0.29, 0.717) is 22.5 Å². The summed E-state index contributed by atoms with van der Waals surface area (Å²) in [4.78, 5) is 71.4. The molecule has 1 aliphatic rings. The molecule has 3 amide bonds. The monoisotopic (exact) mass is 802 g/mol. The standard InChI is InChI=1S/C24H20N2O3.C22H20N2O3.C3H6O/c1-15(27)18-7-12-21-22(14-18)24(29)26(23(21)28)20-10-5-17(6-11-20)13-16-3-8-19(25-2)9-4-16;1-23-17-10-6-15(7-11-17)14-16-8-12-18(13-9-16)24-21(25)19-4-2-3-5-20(19)22(26)27;1-3(2)4/h3-12,14,25H,13H2,1-2H3;2-13,23H,14H2,1H3,(H,24,25)(H,26,27);1-2H3. The normalized spacial score (nSPS) is 11.2. The number of carboxylic acid groups (broad SMARTS) is 1. The van der Waals surface area contributed by atoms with Crippen LogP contribution in [0.5, 0.6) is 0 Å². The molecule has 60 heavy (non-hydrogen) atoms. The van der Waals surface area contributed by atoms with E-state index < -0.39 is 17.8 Å². The van der Waals surface area contributed by atoms with Gasteiger partial charge in [-0.2, -0.15) is 0 Å². The molecule has 11 heteroatoms. The Morgan fingerprint density at radius 2 is 0.950 bits per heavy atom. The molecule has 0 saturated carbocycles. The van der Waals surface area contributed by atoms with Crippen molar-refractivity contribution in [3.05, 3.63) is 190 Å². The second-order valence-electron chi connectivity index (χ2n) is 14.1. The molecule has 0 saturated heterocycles. The Morgan fingerprint density at radius 3 is 1.38 bits per heavy atom. The largest absolute Gasteiger partial charge is 0.478 e. The molecule has 7 rings (SSSR count). The van der Waals surface area contributed by atoms with Gasteiger partial charge in [0.1, 0.15) is 5.78 Å². The highest BCUT2D eigenvalue weighted by atomic mass is 16.4. The van der Waals surface area contributed by atoms with E-state index in [-0.39, 0.29) is 34.2 Å². The Hall–Kier alpha value is -7.66. The summed E-state index contributed by atoms with van der Waals surface area (Å²) >= 11 is 0. The van der Waals surface area contributed by atoms with Gasteiger partial charge < -0.3 is 25.9 Å². The lowest BCUT2D eigenvalue weighted by Gasteiger charge is -2.14. The number of nitrogens with zero attached hydrogens (tertiary/aromatic N) is 1. The van der Waals surface area contributed by atoms with Crippen molar-refractivity contribution in [1.29, 1.82) is 0 Å². The number of carbonyl (C=O) groups is 6. The first-order chi connectivity index (χ1) is 28.8. The third kappa shape index (κ3) is 11.3. The van der Waals surface area contributed by atoms with Crippen LogP contribution in [-0.2, 0) is 17.6 Å². The van der Waals surface area contributed by atoms with Crippen LogP contribution in [0.4, 0.5) is 22.7 Å². The Labute approximate surface area is 349 Å². The van der Waals surface area contributed by atoms with Crippen LogP contribution in [0.1, 0.15) is 94.8 Å². The molecule has 6 aromatic carbocycles. The number of ketones is 2. The van der Waals surface area contributed by atoms with Crippen molar-refractivity contribution in [3.63, 3.8) is 0 Å². The van der Waals surface area contributed by atoms with Gasteiger partial charge in [-0.1, -0.05) is 66.7 Å². The summed E-state index contributed by atoms with van der Waals surface area (Å²) in [5.41, 5.74) is 8.99. The van der Waals surface area contributed by atoms with Crippen LogP contribution in [0.25, 0.3) is 0 Å². The average molecular weight is 803 g/mol. The Bertz CT molecular complexity index is 2510. The second kappa shape index (κ2) is 20.2. The predicted molar refractivity (Wildman–Crippen MR) is 236 cm³/mol. The minimum Gasteiger partial charge on any atom is -0.478 e. The fraction of sp³-hybridized carbons (Fsp3) is 0.143. The van der Waals surface area contributed by atoms with Gasteiger partial charge in [0, 0.05) is 36.7 Å². The number of Topliss-reactive ketones (excluding diaryl/α,β-unsaturated/α-hetero) is 2. The second-order valence-corrected chi connectivity index (χ2v) is 14.1. The molecule has 0 fully saturated rings. The Morgan fingerprint density at radius 1 is 0.533 bits per heavy atom. The van der Waals surface area contributed by atoms with Crippen molar-refractivity contribution in [2.75, 3.05) is 34.9 Å². The van der Waals surface area contributed by atoms with Crippen molar-refractivity contribution in [3.8, 4) is 0 Å². The van der Waals surface area contributed by atoms with E-state index in [1.165, 1.54) is 55.0 Å². The molecular formula is C49H46N4O7. The van der Waals surface area contributed by atoms with Crippen molar-refractivity contribution in [2.24, 2.45) is 0 Å². The average Bonchev–Trinajstić information content (AvgIpc) is 3.50. The lowest BCUT2D eigenvalue weighted by molar-refractivity contribution is -0.115. The summed E-state index contributed by atoms with van der Waals surface area (Å²) in [6.45, 7) is 4.49. The first kappa shape index (κ1) is 43.5. The smallest absolute Gasteiger partial charge is 0.336 e. The van der Waals surface area contributed by atoms with Crippen LogP contribution in [0.2, 0.25) is 0 Å². The van der Waals surface area contributed by atoms with E-state index in [1.54, 1.807) is 36.4 Å². The number of nitrogens with one attached hydrogen (secondary N) is 3. The van der Waals surface area contributed by atoms with Gasteiger partial charge >= 0.3 is 5.97 Å². The van der Waals surface area contributed by atoms with Gasteiger partial charge in [-0.3, -0.25) is 19.2 Å². The van der Waals surface area contributed by atoms with Crippen LogP contribution in [0, 0.1) is 0 Å². The highest BCUT2D eigenvalue weighted by Gasteiger charge is 2.37. The number of carboxylic acids is 1. The highest BCUT2D eigenvalue weighted by molar-refractivity contribution is 6.34. The van der Waals surface area contributed by atoms with Gasteiger partial charge in [0.2, 0.25) is 0 Å². The molecule has 0 bridgehead atoms. The van der Waals surface area contributed by atoms with Gasteiger partial charge in [0.15, 0.2) is 5.78 Å². The lowest BCUT2D eigenvalue weighted by Crippen LogP contribution is -2.29. The third-order valence-electron chi connectivity index (χ3n) is 9.40. The van der Waals surface area contributed by atoms with E-state index in [4.69, 9.17) is 0 Å². The first-order valence-corrected chi connectivity index (χ1v) is 19.1. The summed E-state index contributed by atoms with van der Waals surface area (Å²) in [5, 5.41) is 18.1. The SMILES string of the molecule is CC(C)=O.CNc1ccc(Cc2ccc(N3C(=O)c4ccc(C(C)=O)cc4C3=O)cc2)cc1.CNc1ccc(Cc2ccc(NC(=O)c3ccccc3C(=O)O)cc2)cc1. The summed E-state index contributed by atoms with van der Waals surface area (Å²) in [7, 11) is 3.77. The fourth-order valence-corrected chi connectivity index (χ4v) is 6.28.